The van der Waals surface area contributed by atoms with Gasteiger partial charge in [-0.1, -0.05) is 12.1 Å². The number of imidazole rings is 1. The lowest BCUT2D eigenvalue weighted by Gasteiger charge is -2.30. The Morgan fingerprint density at radius 1 is 1.32 bits per heavy atom. The topological polar surface area (TPSA) is 50.2 Å². The van der Waals surface area contributed by atoms with Crippen LogP contribution in [0.4, 0.5) is 11.4 Å². The van der Waals surface area contributed by atoms with Crippen LogP contribution in [0.1, 0.15) is 29.8 Å². The van der Waals surface area contributed by atoms with Crippen molar-refractivity contribution in [3.8, 4) is 0 Å². The van der Waals surface area contributed by atoms with Gasteiger partial charge in [-0.15, -0.1) is 0 Å². The van der Waals surface area contributed by atoms with Crippen molar-refractivity contribution in [2.75, 3.05) is 16.8 Å². The van der Waals surface area contributed by atoms with E-state index in [1.54, 1.807) is 17.1 Å². The maximum absolute atomic E-state index is 12.3. The molecule has 22 heavy (non-hydrogen) atoms. The molecule has 2 heterocycles. The lowest BCUT2D eigenvalue weighted by molar-refractivity contribution is 0.102. The number of anilines is 2. The fourth-order valence-corrected chi connectivity index (χ4v) is 3.77. The molecule has 1 amide bonds. The summed E-state index contributed by atoms with van der Waals surface area (Å²) in [7, 11) is 1.86. The largest absolute Gasteiger partial charge is 0.367 e. The fourth-order valence-electron chi connectivity index (χ4n) is 3.77. The quantitative estimate of drug-likeness (QED) is 0.947. The normalized spacial score (nSPS) is 23.0. The molecule has 1 N–H and O–H groups in total. The number of carbonyl (C=O) groups excluding carboxylic acids is 1. The molecule has 0 spiro atoms. The van der Waals surface area contributed by atoms with Crippen LogP contribution >= 0.6 is 0 Å². The highest BCUT2D eigenvalue weighted by Crippen LogP contribution is 2.42. The van der Waals surface area contributed by atoms with Gasteiger partial charge in [0, 0.05) is 25.8 Å². The number of hydrogen-bond donors (Lipinski definition) is 1. The summed E-state index contributed by atoms with van der Waals surface area (Å²) in [6.07, 6.45) is 7.29. The van der Waals surface area contributed by atoms with Crippen molar-refractivity contribution < 1.29 is 4.79 Å². The van der Waals surface area contributed by atoms with Gasteiger partial charge in [0.2, 0.25) is 0 Å². The third kappa shape index (κ3) is 2.26. The standard InChI is InChI=1S/C17H20N4O/c1-20-10-15(18-11-20)17(22)19-14-4-2-3-5-16(14)21-9-12-6-7-13(21)8-12/h2-5,10-13H,6-9H2,1H3,(H,19,22). The van der Waals surface area contributed by atoms with Gasteiger partial charge < -0.3 is 14.8 Å². The lowest BCUT2D eigenvalue weighted by Crippen LogP contribution is -2.32. The van der Waals surface area contributed by atoms with Crippen LogP contribution in [0, 0.1) is 5.92 Å². The van der Waals surface area contributed by atoms with Gasteiger partial charge in [0.25, 0.3) is 5.91 Å². The molecule has 1 saturated carbocycles. The van der Waals surface area contributed by atoms with Crippen LogP contribution in [0.5, 0.6) is 0 Å². The summed E-state index contributed by atoms with van der Waals surface area (Å²) < 4.78 is 1.78. The molecule has 2 atom stereocenters. The third-order valence-corrected chi connectivity index (χ3v) is 4.81. The third-order valence-electron chi connectivity index (χ3n) is 4.81. The number of piperidine rings is 1. The average Bonchev–Trinajstić information content (AvgIpc) is 3.24. The zero-order valence-corrected chi connectivity index (χ0v) is 12.7. The van der Waals surface area contributed by atoms with Crippen molar-refractivity contribution in [1.29, 1.82) is 0 Å². The minimum absolute atomic E-state index is 0.155. The number of benzene rings is 1. The van der Waals surface area contributed by atoms with E-state index in [1.165, 1.54) is 19.3 Å². The van der Waals surface area contributed by atoms with Crippen molar-refractivity contribution >= 4 is 17.3 Å². The van der Waals surface area contributed by atoms with Crippen LogP contribution in [0.3, 0.4) is 0 Å². The molecule has 2 aromatic rings. The first kappa shape index (κ1) is 13.4. The molecule has 1 aliphatic heterocycles. The van der Waals surface area contributed by atoms with Crippen molar-refractivity contribution in [2.45, 2.75) is 25.3 Å². The summed E-state index contributed by atoms with van der Waals surface area (Å²) in [4.78, 5) is 18.9. The van der Waals surface area contributed by atoms with E-state index < -0.39 is 0 Å². The maximum atomic E-state index is 12.3. The Kier molecular flexibility index (Phi) is 3.13. The average molecular weight is 296 g/mol. The molecule has 0 radical (unpaired) electrons. The highest BCUT2D eigenvalue weighted by atomic mass is 16.1. The Morgan fingerprint density at radius 2 is 2.18 bits per heavy atom. The van der Waals surface area contributed by atoms with Gasteiger partial charge in [0.1, 0.15) is 5.69 Å². The second-order valence-corrected chi connectivity index (χ2v) is 6.38. The van der Waals surface area contributed by atoms with E-state index in [4.69, 9.17) is 0 Å². The van der Waals surface area contributed by atoms with Crippen LogP contribution in [0.15, 0.2) is 36.8 Å². The predicted molar refractivity (Wildman–Crippen MR) is 86.1 cm³/mol. The first-order chi connectivity index (χ1) is 10.7. The molecule has 2 bridgehead atoms. The molecule has 1 aliphatic carbocycles. The second-order valence-electron chi connectivity index (χ2n) is 6.38. The second kappa shape index (κ2) is 5.16. The predicted octanol–water partition coefficient (Wildman–Crippen LogP) is 2.66. The lowest BCUT2D eigenvalue weighted by atomic mass is 10.1. The van der Waals surface area contributed by atoms with Gasteiger partial charge in [-0.2, -0.15) is 0 Å². The summed E-state index contributed by atoms with van der Waals surface area (Å²) in [5, 5.41) is 3.02. The zero-order valence-electron chi connectivity index (χ0n) is 12.7. The summed E-state index contributed by atoms with van der Waals surface area (Å²) in [5.41, 5.74) is 2.46. The van der Waals surface area contributed by atoms with Gasteiger partial charge in [-0.25, -0.2) is 4.98 Å². The van der Waals surface area contributed by atoms with E-state index in [1.807, 2.05) is 25.2 Å². The van der Waals surface area contributed by atoms with Gasteiger partial charge >= 0.3 is 0 Å². The first-order valence-corrected chi connectivity index (χ1v) is 7.85. The SMILES string of the molecule is Cn1cnc(C(=O)Nc2ccccc2N2CC3CCC2C3)c1. The van der Waals surface area contributed by atoms with Crippen molar-refractivity contribution in [1.82, 2.24) is 9.55 Å². The number of aromatic nitrogens is 2. The zero-order chi connectivity index (χ0) is 15.1. The summed E-state index contributed by atoms with van der Waals surface area (Å²) >= 11 is 0. The number of nitrogens with one attached hydrogen (secondary N) is 1. The van der Waals surface area contributed by atoms with Crippen LogP contribution < -0.4 is 10.2 Å². The van der Waals surface area contributed by atoms with Crippen LogP contribution in [-0.2, 0) is 7.05 Å². The number of hydrogen-bond acceptors (Lipinski definition) is 3. The Labute approximate surface area is 130 Å². The molecule has 1 aromatic heterocycles. The van der Waals surface area contributed by atoms with E-state index in [0.29, 0.717) is 11.7 Å². The van der Waals surface area contributed by atoms with Gasteiger partial charge in [-0.05, 0) is 37.3 Å². The van der Waals surface area contributed by atoms with E-state index in [2.05, 4.69) is 21.3 Å². The highest BCUT2D eigenvalue weighted by Gasteiger charge is 2.38. The number of amides is 1. The molecule has 5 heteroatoms. The summed E-state index contributed by atoms with van der Waals surface area (Å²) in [6, 6.07) is 8.72. The summed E-state index contributed by atoms with van der Waals surface area (Å²) in [5.74, 6) is 0.668. The first-order valence-electron chi connectivity index (χ1n) is 7.85. The van der Waals surface area contributed by atoms with Gasteiger partial charge in [-0.3, -0.25) is 4.79 Å². The van der Waals surface area contributed by atoms with Gasteiger partial charge in [0.05, 0.1) is 17.7 Å². The molecule has 1 aromatic carbocycles. The van der Waals surface area contributed by atoms with E-state index >= 15 is 0 Å². The van der Waals surface area contributed by atoms with E-state index in [0.717, 1.165) is 23.8 Å². The molecule has 2 fully saturated rings. The maximum Gasteiger partial charge on any atom is 0.275 e. The van der Waals surface area contributed by atoms with Crippen LogP contribution in [-0.4, -0.2) is 28.0 Å². The molecule has 2 aliphatic rings. The van der Waals surface area contributed by atoms with E-state index in [-0.39, 0.29) is 5.91 Å². The summed E-state index contributed by atoms with van der Waals surface area (Å²) in [6.45, 7) is 1.11. The number of aryl methyl sites for hydroxylation is 1. The molecule has 4 rings (SSSR count). The molecule has 2 unspecified atom stereocenters. The smallest absolute Gasteiger partial charge is 0.275 e. The van der Waals surface area contributed by atoms with E-state index in [9.17, 15) is 4.79 Å². The Balaban J connectivity index is 1.58. The monoisotopic (exact) mass is 296 g/mol. The molecule has 5 nitrogen and oxygen atoms in total. The molecular weight excluding hydrogens is 276 g/mol. The van der Waals surface area contributed by atoms with Gasteiger partial charge in [0.15, 0.2) is 0 Å². The number of nitrogens with zero attached hydrogens (tertiary/aromatic N) is 3. The minimum Gasteiger partial charge on any atom is -0.367 e. The van der Waals surface area contributed by atoms with Crippen molar-refractivity contribution in [3.63, 3.8) is 0 Å². The molecule has 114 valence electrons. The number of carbonyl (C=O) groups is 1. The number of rotatable bonds is 3. The minimum atomic E-state index is -0.155. The Bertz CT molecular complexity index is 708. The molecular formula is C17H20N4O. The fraction of sp³-hybridized carbons (Fsp3) is 0.412. The van der Waals surface area contributed by atoms with Crippen molar-refractivity contribution in [3.05, 3.63) is 42.5 Å². The number of para-hydroxylation sites is 2. The number of fused-ring (bicyclic) bond motifs is 2. The van der Waals surface area contributed by atoms with Crippen molar-refractivity contribution in [2.24, 2.45) is 13.0 Å². The van der Waals surface area contributed by atoms with Crippen LogP contribution in [0.25, 0.3) is 0 Å². The van der Waals surface area contributed by atoms with Crippen LogP contribution in [0.2, 0.25) is 0 Å². The highest BCUT2D eigenvalue weighted by molar-refractivity contribution is 6.04. The molecule has 1 saturated heterocycles. The Hall–Kier alpha value is -2.30. The Morgan fingerprint density at radius 3 is 2.86 bits per heavy atom.